The number of hydrogen-bond acceptors (Lipinski definition) is 5. The Bertz CT molecular complexity index is 669. The zero-order valence-corrected chi connectivity index (χ0v) is 12.6. The highest BCUT2D eigenvalue weighted by Gasteiger charge is 2.19. The summed E-state index contributed by atoms with van der Waals surface area (Å²) in [7, 11) is 1.67. The summed E-state index contributed by atoms with van der Waals surface area (Å²) in [6.07, 6.45) is 1.78. The summed E-state index contributed by atoms with van der Waals surface area (Å²) in [5.74, 6) is 1.84. The van der Waals surface area contributed by atoms with Gasteiger partial charge in [-0.05, 0) is 18.2 Å². The monoisotopic (exact) mass is 303 g/mol. The number of benzene rings is 1. The van der Waals surface area contributed by atoms with Gasteiger partial charge in [-0.3, -0.25) is 4.90 Å². The molecule has 21 heavy (non-hydrogen) atoms. The third kappa shape index (κ3) is 2.88. The van der Waals surface area contributed by atoms with Gasteiger partial charge in [-0.25, -0.2) is 0 Å². The maximum Gasteiger partial charge on any atom is 0.147 e. The second-order valence-electron chi connectivity index (χ2n) is 5.04. The van der Waals surface area contributed by atoms with Gasteiger partial charge in [0.2, 0.25) is 0 Å². The Kier molecular flexibility index (Phi) is 3.85. The molecule has 110 valence electrons. The van der Waals surface area contributed by atoms with Crippen molar-refractivity contribution in [2.24, 2.45) is 5.73 Å². The number of ether oxygens (including phenoxy) is 1. The molecule has 1 aromatic carbocycles. The molecule has 0 saturated heterocycles. The van der Waals surface area contributed by atoms with Crippen LogP contribution in [-0.4, -0.2) is 38.3 Å². The van der Waals surface area contributed by atoms with Crippen LogP contribution in [0.1, 0.15) is 17.0 Å². The molecule has 0 aliphatic carbocycles. The first-order chi connectivity index (χ1) is 10.2. The molecule has 0 unspecified atom stereocenters. The molecule has 1 aliphatic rings. The van der Waals surface area contributed by atoms with E-state index in [2.05, 4.69) is 19.7 Å². The number of hydrogen-bond donors (Lipinski definition) is 1. The molecular weight excluding hydrogens is 286 g/mol. The van der Waals surface area contributed by atoms with E-state index >= 15 is 0 Å². The van der Waals surface area contributed by atoms with Gasteiger partial charge < -0.3 is 15.0 Å². The summed E-state index contributed by atoms with van der Waals surface area (Å²) in [6, 6.07) is 5.80. The molecule has 0 radical (unpaired) electrons. The molecule has 2 N–H and O–H groups in total. The van der Waals surface area contributed by atoms with Crippen LogP contribution in [0.2, 0.25) is 0 Å². The van der Waals surface area contributed by atoms with Crippen molar-refractivity contribution in [3.8, 4) is 5.75 Å². The zero-order chi connectivity index (χ0) is 14.8. The lowest BCUT2D eigenvalue weighted by molar-refractivity contribution is 0.206. The molecule has 0 bridgehead atoms. The molecule has 6 nitrogen and oxygen atoms in total. The zero-order valence-electron chi connectivity index (χ0n) is 11.8. The topological polar surface area (TPSA) is 69.2 Å². The van der Waals surface area contributed by atoms with Crippen LogP contribution < -0.4 is 10.5 Å². The minimum absolute atomic E-state index is 0.400. The third-order valence-electron chi connectivity index (χ3n) is 3.68. The van der Waals surface area contributed by atoms with Crippen molar-refractivity contribution in [1.29, 1.82) is 0 Å². The minimum atomic E-state index is 0.400. The number of rotatable bonds is 4. The highest BCUT2D eigenvalue weighted by molar-refractivity contribution is 7.80. The van der Waals surface area contributed by atoms with E-state index in [0.29, 0.717) is 4.99 Å². The highest BCUT2D eigenvalue weighted by atomic mass is 32.1. The van der Waals surface area contributed by atoms with E-state index in [1.165, 1.54) is 0 Å². The SMILES string of the molecule is COc1ccc(C(N)=S)cc1CN1CCn2cnnc2C1. The molecule has 1 aromatic heterocycles. The first-order valence-corrected chi connectivity index (χ1v) is 7.14. The predicted octanol–water partition coefficient (Wildman–Crippen LogP) is 0.937. The smallest absolute Gasteiger partial charge is 0.147 e. The summed E-state index contributed by atoms with van der Waals surface area (Å²) in [5.41, 5.74) is 7.65. The summed E-state index contributed by atoms with van der Waals surface area (Å²) in [5, 5.41) is 8.08. The number of nitrogens with two attached hydrogens (primary N) is 1. The van der Waals surface area contributed by atoms with Crippen LogP contribution in [0.15, 0.2) is 24.5 Å². The van der Waals surface area contributed by atoms with Gasteiger partial charge in [0.25, 0.3) is 0 Å². The van der Waals surface area contributed by atoms with Crippen LogP contribution in [0.25, 0.3) is 0 Å². The Labute approximate surface area is 128 Å². The number of nitrogens with zero attached hydrogens (tertiary/aromatic N) is 4. The van der Waals surface area contributed by atoms with Gasteiger partial charge in [0.05, 0.1) is 13.7 Å². The van der Waals surface area contributed by atoms with Crippen LogP contribution in [-0.2, 0) is 19.6 Å². The summed E-state index contributed by atoms with van der Waals surface area (Å²) >= 11 is 5.05. The molecule has 0 amide bonds. The van der Waals surface area contributed by atoms with Gasteiger partial charge in [0, 0.05) is 30.8 Å². The highest BCUT2D eigenvalue weighted by Crippen LogP contribution is 2.23. The lowest BCUT2D eigenvalue weighted by Crippen LogP contribution is -2.33. The van der Waals surface area contributed by atoms with Crippen molar-refractivity contribution in [2.45, 2.75) is 19.6 Å². The molecular formula is C14H17N5OS. The van der Waals surface area contributed by atoms with Gasteiger partial charge in [-0.1, -0.05) is 12.2 Å². The number of aromatic nitrogens is 3. The van der Waals surface area contributed by atoms with Gasteiger partial charge in [0.1, 0.15) is 22.9 Å². The number of methoxy groups -OCH3 is 1. The van der Waals surface area contributed by atoms with Crippen molar-refractivity contribution in [3.63, 3.8) is 0 Å². The number of fused-ring (bicyclic) bond motifs is 1. The van der Waals surface area contributed by atoms with Gasteiger partial charge in [-0.2, -0.15) is 0 Å². The van der Waals surface area contributed by atoms with Crippen LogP contribution in [0, 0.1) is 0 Å². The van der Waals surface area contributed by atoms with Crippen molar-refractivity contribution in [3.05, 3.63) is 41.5 Å². The fraction of sp³-hybridized carbons (Fsp3) is 0.357. The van der Waals surface area contributed by atoms with E-state index in [9.17, 15) is 0 Å². The fourth-order valence-electron chi connectivity index (χ4n) is 2.55. The van der Waals surface area contributed by atoms with Crippen LogP contribution in [0.5, 0.6) is 5.75 Å². The molecule has 2 aromatic rings. The van der Waals surface area contributed by atoms with E-state index in [1.54, 1.807) is 13.4 Å². The lowest BCUT2D eigenvalue weighted by Gasteiger charge is -2.27. The largest absolute Gasteiger partial charge is 0.496 e. The summed E-state index contributed by atoms with van der Waals surface area (Å²) in [6.45, 7) is 3.40. The molecule has 1 aliphatic heterocycles. The van der Waals surface area contributed by atoms with Crippen molar-refractivity contribution >= 4 is 17.2 Å². The van der Waals surface area contributed by atoms with Crippen LogP contribution in [0.3, 0.4) is 0 Å². The van der Waals surface area contributed by atoms with E-state index in [0.717, 1.165) is 48.9 Å². The standard InChI is InChI=1S/C14H17N5OS/c1-20-12-3-2-10(14(15)21)6-11(12)7-18-4-5-19-9-16-17-13(19)8-18/h2-3,6,9H,4-5,7-8H2,1H3,(H2,15,21). The maximum absolute atomic E-state index is 5.71. The van der Waals surface area contributed by atoms with Crippen molar-refractivity contribution in [2.75, 3.05) is 13.7 Å². The molecule has 3 rings (SSSR count). The minimum Gasteiger partial charge on any atom is -0.496 e. The van der Waals surface area contributed by atoms with Crippen molar-refractivity contribution < 1.29 is 4.74 Å². The fourth-order valence-corrected chi connectivity index (χ4v) is 2.67. The average molecular weight is 303 g/mol. The first kappa shape index (κ1) is 14.0. The molecule has 0 atom stereocenters. The Morgan fingerprint density at radius 2 is 2.29 bits per heavy atom. The van der Waals surface area contributed by atoms with E-state index in [1.807, 2.05) is 18.2 Å². The molecule has 0 spiro atoms. The third-order valence-corrected chi connectivity index (χ3v) is 3.91. The number of thiocarbonyl (C=S) groups is 1. The second kappa shape index (κ2) is 5.79. The molecule has 0 saturated carbocycles. The Hall–Kier alpha value is -1.99. The molecule has 2 heterocycles. The van der Waals surface area contributed by atoms with E-state index in [4.69, 9.17) is 22.7 Å². The maximum atomic E-state index is 5.71. The average Bonchev–Trinajstić information content (AvgIpc) is 2.94. The summed E-state index contributed by atoms with van der Waals surface area (Å²) in [4.78, 5) is 2.71. The van der Waals surface area contributed by atoms with E-state index in [-0.39, 0.29) is 0 Å². The Morgan fingerprint density at radius 3 is 3.05 bits per heavy atom. The molecule has 0 fully saturated rings. The first-order valence-electron chi connectivity index (χ1n) is 6.73. The molecule has 7 heteroatoms. The van der Waals surface area contributed by atoms with Crippen LogP contribution in [0.4, 0.5) is 0 Å². The quantitative estimate of drug-likeness (QED) is 0.848. The lowest BCUT2D eigenvalue weighted by atomic mass is 10.1. The van der Waals surface area contributed by atoms with Gasteiger partial charge in [0.15, 0.2) is 0 Å². The second-order valence-corrected chi connectivity index (χ2v) is 5.48. The summed E-state index contributed by atoms with van der Waals surface area (Å²) < 4.78 is 7.51. The van der Waals surface area contributed by atoms with E-state index < -0.39 is 0 Å². The predicted molar refractivity (Wildman–Crippen MR) is 83.0 cm³/mol. The normalized spacial score (nSPS) is 14.7. The van der Waals surface area contributed by atoms with Gasteiger partial charge in [-0.15, -0.1) is 10.2 Å². The van der Waals surface area contributed by atoms with Crippen molar-refractivity contribution in [1.82, 2.24) is 19.7 Å². The Morgan fingerprint density at radius 1 is 1.43 bits per heavy atom. The Balaban J connectivity index is 1.81. The van der Waals surface area contributed by atoms with Gasteiger partial charge >= 0.3 is 0 Å². The van der Waals surface area contributed by atoms with Crippen LogP contribution >= 0.6 is 12.2 Å².